The first-order chi connectivity index (χ1) is 11.1. The molecule has 2 amide bonds. The molecule has 2 heterocycles. The van der Waals surface area contributed by atoms with Gasteiger partial charge in [0.15, 0.2) is 5.56 Å². The van der Waals surface area contributed by atoms with Crippen molar-refractivity contribution >= 4 is 18.0 Å². The number of aliphatic hydroxyl groups is 1. The molecule has 0 aliphatic carbocycles. The summed E-state index contributed by atoms with van der Waals surface area (Å²) >= 11 is 1.22. The van der Waals surface area contributed by atoms with E-state index in [4.69, 9.17) is 0 Å². The van der Waals surface area contributed by atoms with E-state index >= 15 is 0 Å². The van der Waals surface area contributed by atoms with Gasteiger partial charge in [-0.2, -0.15) is 0 Å². The van der Waals surface area contributed by atoms with Gasteiger partial charge in [0.2, 0.25) is 0 Å². The van der Waals surface area contributed by atoms with Crippen LogP contribution in [0.25, 0.3) is 0 Å². The van der Waals surface area contributed by atoms with Crippen LogP contribution in [-0.4, -0.2) is 82.0 Å². The lowest BCUT2D eigenvalue weighted by Crippen LogP contribution is -2.46. The largest absolute Gasteiger partial charge is 0.363 e. The van der Waals surface area contributed by atoms with E-state index in [0.29, 0.717) is 13.1 Å². The van der Waals surface area contributed by atoms with Crippen molar-refractivity contribution < 1.29 is 9.90 Å². The highest BCUT2D eigenvalue weighted by atomic mass is 32.2. The fourth-order valence-corrected chi connectivity index (χ4v) is 3.72. The Morgan fingerprint density at radius 1 is 1.13 bits per heavy atom. The van der Waals surface area contributed by atoms with Crippen LogP contribution in [0.2, 0.25) is 0 Å². The van der Waals surface area contributed by atoms with Gasteiger partial charge in [-0.1, -0.05) is 30.3 Å². The molecule has 2 fully saturated rings. The minimum Gasteiger partial charge on any atom is -0.363 e. The van der Waals surface area contributed by atoms with Crippen LogP contribution in [0, 0.1) is 0 Å². The molecule has 0 spiro atoms. The number of aliphatic hydroxyl groups excluding tert-OH is 1. The summed E-state index contributed by atoms with van der Waals surface area (Å²) in [6.45, 7) is 6.18. The van der Waals surface area contributed by atoms with Crippen LogP contribution in [0.5, 0.6) is 0 Å². The number of amides is 2. The fraction of sp³-hybridized carbons (Fsp3) is 0.562. The van der Waals surface area contributed by atoms with Gasteiger partial charge < -0.3 is 10.0 Å². The number of nitrogens with zero attached hydrogens (tertiary/aromatic N) is 4. The lowest BCUT2D eigenvalue weighted by molar-refractivity contribution is 0.0982. The molecular formula is C16H24N4O2S. The molecule has 23 heavy (non-hydrogen) atoms. The maximum Gasteiger partial charge on any atom is 0.333 e. The smallest absolute Gasteiger partial charge is 0.333 e. The Balaban J connectivity index is 1.51. The average Bonchev–Trinajstić information content (AvgIpc) is 2.83. The van der Waals surface area contributed by atoms with Gasteiger partial charge in [0.05, 0.1) is 6.54 Å². The van der Waals surface area contributed by atoms with E-state index in [1.165, 1.54) is 16.8 Å². The third kappa shape index (κ3) is 4.17. The van der Waals surface area contributed by atoms with Crippen molar-refractivity contribution in [3.8, 4) is 0 Å². The minimum atomic E-state index is -0.796. The van der Waals surface area contributed by atoms with Gasteiger partial charge in [0.1, 0.15) is 0 Å². The van der Waals surface area contributed by atoms with Crippen LogP contribution in [0.1, 0.15) is 5.56 Å². The summed E-state index contributed by atoms with van der Waals surface area (Å²) in [5.41, 5.74) is 0.233. The maximum atomic E-state index is 12.5. The van der Waals surface area contributed by atoms with Crippen LogP contribution in [-0.2, 0) is 6.54 Å². The molecule has 0 bridgehead atoms. The van der Waals surface area contributed by atoms with Gasteiger partial charge in [0.25, 0.3) is 0 Å². The molecule has 1 atom stereocenters. The molecule has 1 aromatic carbocycles. The Hall–Kier alpha value is -1.28. The summed E-state index contributed by atoms with van der Waals surface area (Å²) in [4.78, 5) is 18.7. The van der Waals surface area contributed by atoms with Gasteiger partial charge in [-0.15, -0.1) is 0 Å². The second-order valence-electron chi connectivity index (χ2n) is 6.07. The number of rotatable bonds is 5. The fourth-order valence-electron chi connectivity index (χ4n) is 2.83. The van der Waals surface area contributed by atoms with Crippen molar-refractivity contribution in [2.24, 2.45) is 0 Å². The van der Waals surface area contributed by atoms with Gasteiger partial charge in [-0.25, -0.2) is 4.79 Å². The summed E-state index contributed by atoms with van der Waals surface area (Å²) in [6, 6.07) is 9.68. The summed E-state index contributed by atoms with van der Waals surface area (Å²) in [7, 11) is 2.13. The summed E-state index contributed by atoms with van der Waals surface area (Å²) in [5.74, 6) is 0. The number of hydrogen-bond donors (Lipinski definition) is 1. The van der Waals surface area contributed by atoms with E-state index in [1.807, 2.05) is 30.3 Å². The van der Waals surface area contributed by atoms with Crippen molar-refractivity contribution in [2.75, 3.05) is 46.3 Å². The Bertz CT molecular complexity index is 522. The van der Waals surface area contributed by atoms with Crippen molar-refractivity contribution in [2.45, 2.75) is 12.1 Å². The molecule has 2 aliphatic rings. The van der Waals surface area contributed by atoms with Crippen molar-refractivity contribution in [3.05, 3.63) is 35.9 Å². The average molecular weight is 336 g/mol. The molecule has 1 unspecified atom stereocenters. The van der Waals surface area contributed by atoms with E-state index in [-0.39, 0.29) is 6.03 Å². The lowest BCUT2D eigenvalue weighted by atomic mass is 10.2. The van der Waals surface area contributed by atoms with Crippen LogP contribution >= 0.6 is 11.9 Å². The first kappa shape index (κ1) is 16.6. The third-order valence-electron chi connectivity index (χ3n) is 4.36. The molecule has 1 N–H and O–H groups in total. The molecule has 0 radical (unpaired) electrons. The predicted octanol–water partition coefficient (Wildman–Crippen LogP) is 1.10. The zero-order valence-corrected chi connectivity index (χ0v) is 14.3. The molecule has 1 aromatic rings. The first-order valence-corrected chi connectivity index (χ1v) is 8.85. The van der Waals surface area contributed by atoms with Gasteiger partial charge in [-0.3, -0.25) is 14.1 Å². The topological polar surface area (TPSA) is 50.3 Å². The lowest BCUT2D eigenvalue weighted by Gasteiger charge is -2.32. The predicted molar refractivity (Wildman–Crippen MR) is 91.6 cm³/mol. The molecule has 0 aromatic heterocycles. The molecule has 126 valence electrons. The first-order valence-electron chi connectivity index (χ1n) is 8.01. The summed E-state index contributed by atoms with van der Waals surface area (Å²) < 4.78 is 1.69. The molecule has 6 nitrogen and oxygen atoms in total. The number of carbonyl (C=O) groups is 1. The molecular weight excluding hydrogens is 312 g/mol. The van der Waals surface area contributed by atoms with Crippen LogP contribution < -0.4 is 0 Å². The Labute approximate surface area is 141 Å². The molecule has 3 rings (SSSR count). The second-order valence-corrected chi connectivity index (χ2v) is 7.15. The zero-order valence-electron chi connectivity index (χ0n) is 13.5. The minimum absolute atomic E-state index is 0.0968. The highest BCUT2D eigenvalue weighted by Gasteiger charge is 2.37. The molecule has 7 heteroatoms. The third-order valence-corrected chi connectivity index (χ3v) is 5.39. The Morgan fingerprint density at radius 2 is 1.83 bits per heavy atom. The van der Waals surface area contributed by atoms with Crippen LogP contribution in [0.15, 0.2) is 30.3 Å². The van der Waals surface area contributed by atoms with E-state index in [2.05, 4.69) is 16.8 Å². The number of carbonyl (C=O) groups excluding carboxylic acids is 1. The number of likely N-dealkylation sites (N-methyl/N-ethyl adjacent to an activating group) is 1. The van der Waals surface area contributed by atoms with Gasteiger partial charge in [-0.05, 0) is 12.6 Å². The maximum absolute atomic E-state index is 12.5. The second kappa shape index (κ2) is 7.53. The van der Waals surface area contributed by atoms with Crippen molar-refractivity contribution in [3.63, 3.8) is 0 Å². The number of piperazine rings is 1. The summed E-state index contributed by atoms with van der Waals surface area (Å²) in [6.07, 6.45) is 0. The summed E-state index contributed by atoms with van der Waals surface area (Å²) in [5, 5.41) is 10.2. The standard InChI is InChI=1S/C16H24N4O2S/c1-17-7-9-18(10-8-17)11-12-20-15(21)19(16(22)23-20)13-14-5-3-2-4-6-14/h2-6,16,22H,7-13H2,1H3. The van der Waals surface area contributed by atoms with Crippen molar-refractivity contribution in [1.82, 2.24) is 19.0 Å². The van der Waals surface area contributed by atoms with Gasteiger partial charge in [0, 0.05) is 51.2 Å². The Morgan fingerprint density at radius 3 is 2.52 bits per heavy atom. The SMILES string of the molecule is CN1CCN(CCN2SC(O)N(Cc3ccccc3)C2=O)CC1. The monoisotopic (exact) mass is 336 g/mol. The van der Waals surface area contributed by atoms with E-state index in [1.54, 1.807) is 4.31 Å². The number of benzene rings is 1. The van der Waals surface area contributed by atoms with E-state index in [0.717, 1.165) is 38.3 Å². The van der Waals surface area contributed by atoms with E-state index in [9.17, 15) is 9.90 Å². The normalized spacial score (nSPS) is 23.7. The molecule has 2 saturated heterocycles. The quantitative estimate of drug-likeness (QED) is 0.816. The molecule has 2 aliphatic heterocycles. The van der Waals surface area contributed by atoms with Crippen LogP contribution in [0.4, 0.5) is 4.79 Å². The zero-order chi connectivity index (χ0) is 16.2. The van der Waals surface area contributed by atoms with Crippen molar-refractivity contribution in [1.29, 1.82) is 0 Å². The highest BCUT2D eigenvalue weighted by Crippen LogP contribution is 2.30. The van der Waals surface area contributed by atoms with Gasteiger partial charge >= 0.3 is 6.03 Å². The molecule has 0 saturated carbocycles. The van der Waals surface area contributed by atoms with Crippen LogP contribution in [0.3, 0.4) is 0 Å². The van der Waals surface area contributed by atoms with E-state index < -0.39 is 5.56 Å². The number of hydrogen-bond acceptors (Lipinski definition) is 5. The Kier molecular flexibility index (Phi) is 5.42. The highest BCUT2D eigenvalue weighted by molar-refractivity contribution is 7.98. The number of urea groups is 1.